The number of carboxylic acids is 1. The van der Waals surface area contributed by atoms with E-state index >= 15 is 0 Å². The van der Waals surface area contributed by atoms with Gasteiger partial charge in [0.2, 0.25) is 0 Å². The third kappa shape index (κ3) is 2.43. The highest BCUT2D eigenvalue weighted by molar-refractivity contribution is 5.89. The molecule has 2 nitrogen and oxygen atoms in total. The van der Waals surface area contributed by atoms with E-state index in [1.807, 2.05) is 19.1 Å². The summed E-state index contributed by atoms with van der Waals surface area (Å²) in [6.07, 6.45) is 1.00. The van der Waals surface area contributed by atoms with Crippen molar-refractivity contribution in [2.75, 3.05) is 0 Å². The molecule has 0 saturated carbocycles. The van der Waals surface area contributed by atoms with Crippen LogP contribution in [0, 0.1) is 6.92 Å². The Bertz CT molecular complexity index is 585. The van der Waals surface area contributed by atoms with E-state index in [-0.39, 0.29) is 0 Å². The lowest BCUT2D eigenvalue weighted by molar-refractivity contribution is 0.0697. The van der Waals surface area contributed by atoms with Gasteiger partial charge < -0.3 is 5.11 Å². The predicted octanol–water partition coefficient (Wildman–Crippen LogP) is 3.92. The highest BCUT2D eigenvalue weighted by Crippen LogP contribution is 2.25. The van der Waals surface area contributed by atoms with Gasteiger partial charge >= 0.3 is 5.97 Å². The van der Waals surface area contributed by atoms with E-state index in [0.717, 1.165) is 23.1 Å². The van der Waals surface area contributed by atoms with Gasteiger partial charge in [-0.1, -0.05) is 37.3 Å². The number of carbonyl (C=O) groups is 1. The van der Waals surface area contributed by atoms with Crippen molar-refractivity contribution in [3.8, 4) is 11.1 Å². The fourth-order valence-electron chi connectivity index (χ4n) is 2.08. The molecule has 0 unspecified atom stereocenters. The topological polar surface area (TPSA) is 37.3 Å². The number of rotatable bonds is 3. The van der Waals surface area contributed by atoms with Gasteiger partial charge in [0, 0.05) is 0 Å². The molecule has 2 rings (SSSR count). The van der Waals surface area contributed by atoms with Gasteiger partial charge in [-0.05, 0) is 47.7 Å². The summed E-state index contributed by atoms with van der Waals surface area (Å²) >= 11 is 0. The molecular formula is C16H16O2. The summed E-state index contributed by atoms with van der Waals surface area (Å²) in [6, 6.07) is 13.6. The van der Waals surface area contributed by atoms with Crippen LogP contribution in [-0.2, 0) is 6.42 Å². The molecule has 0 bridgehead atoms. The van der Waals surface area contributed by atoms with Crippen LogP contribution in [0.5, 0.6) is 0 Å². The average Bonchev–Trinajstić information content (AvgIpc) is 2.38. The second kappa shape index (κ2) is 5.05. The van der Waals surface area contributed by atoms with Crippen molar-refractivity contribution in [1.82, 2.24) is 0 Å². The normalized spacial score (nSPS) is 10.3. The Morgan fingerprint density at radius 1 is 1.17 bits per heavy atom. The summed E-state index contributed by atoms with van der Waals surface area (Å²) in [5.74, 6) is -0.882. The molecular weight excluding hydrogens is 224 g/mol. The number of aromatic carboxylic acids is 1. The van der Waals surface area contributed by atoms with E-state index in [1.54, 1.807) is 12.1 Å². The third-order valence-electron chi connectivity index (χ3n) is 3.12. The van der Waals surface area contributed by atoms with Crippen LogP contribution in [0.1, 0.15) is 28.4 Å². The van der Waals surface area contributed by atoms with Gasteiger partial charge in [0.15, 0.2) is 0 Å². The Morgan fingerprint density at radius 3 is 2.56 bits per heavy atom. The monoisotopic (exact) mass is 240 g/mol. The molecule has 1 N–H and O–H groups in total. The lowest BCUT2D eigenvalue weighted by atomic mass is 9.96. The van der Waals surface area contributed by atoms with Gasteiger partial charge in [-0.25, -0.2) is 4.79 Å². The lowest BCUT2D eigenvalue weighted by Crippen LogP contribution is -1.97. The quantitative estimate of drug-likeness (QED) is 0.882. The maximum atomic E-state index is 10.9. The van der Waals surface area contributed by atoms with E-state index in [1.165, 1.54) is 5.56 Å². The molecule has 0 fully saturated rings. The van der Waals surface area contributed by atoms with E-state index in [9.17, 15) is 4.79 Å². The van der Waals surface area contributed by atoms with E-state index in [0.29, 0.717) is 5.56 Å². The molecule has 0 aromatic heterocycles. The van der Waals surface area contributed by atoms with Gasteiger partial charge in [-0.2, -0.15) is 0 Å². The molecule has 0 saturated heterocycles. The Kier molecular flexibility index (Phi) is 3.47. The summed E-state index contributed by atoms with van der Waals surface area (Å²) in [5, 5.41) is 8.95. The first-order valence-electron chi connectivity index (χ1n) is 6.05. The first-order valence-corrected chi connectivity index (χ1v) is 6.05. The van der Waals surface area contributed by atoms with Crippen LogP contribution in [0.3, 0.4) is 0 Å². The van der Waals surface area contributed by atoms with Crippen LogP contribution in [0.25, 0.3) is 11.1 Å². The fourth-order valence-corrected chi connectivity index (χ4v) is 2.08. The fraction of sp³-hybridized carbons (Fsp3) is 0.188. The van der Waals surface area contributed by atoms with Gasteiger partial charge in [0.1, 0.15) is 0 Å². The zero-order chi connectivity index (χ0) is 13.1. The second-order valence-corrected chi connectivity index (χ2v) is 4.39. The molecule has 2 heteroatoms. The predicted molar refractivity (Wildman–Crippen MR) is 73.0 cm³/mol. The SMILES string of the molecule is CCc1cccc(-c2ccc(C(=O)O)cc2C)c1. The highest BCUT2D eigenvalue weighted by Gasteiger charge is 2.07. The smallest absolute Gasteiger partial charge is 0.335 e. The molecule has 0 radical (unpaired) electrons. The highest BCUT2D eigenvalue weighted by atomic mass is 16.4. The van der Waals surface area contributed by atoms with Crippen molar-refractivity contribution in [2.24, 2.45) is 0 Å². The Hall–Kier alpha value is -2.09. The summed E-state index contributed by atoms with van der Waals surface area (Å²) in [4.78, 5) is 10.9. The molecule has 2 aromatic carbocycles. The van der Waals surface area contributed by atoms with Gasteiger partial charge in [0.25, 0.3) is 0 Å². The minimum Gasteiger partial charge on any atom is -0.478 e. The molecule has 0 aliphatic carbocycles. The van der Waals surface area contributed by atoms with Crippen LogP contribution in [0.2, 0.25) is 0 Å². The number of hydrogen-bond acceptors (Lipinski definition) is 1. The minimum atomic E-state index is -0.882. The average molecular weight is 240 g/mol. The van der Waals surface area contributed by atoms with Crippen LogP contribution in [0.4, 0.5) is 0 Å². The molecule has 92 valence electrons. The standard InChI is InChI=1S/C16H16O2/c1-3-12-5-4-6-13(10-12)15-8-7-14(16(17)18)9-11(15)2/h4-10H,3H2,1-2H3,(H,17,18). The number of aryl methyl sites for hydroxylation is 2. The van der Waals surface area contributed by atoms with Crippen molar-refractivity contribution >= 4 is 5.97 Å². The largest absolute Gasteiger partial charge is 0.478 e. The first kappa shape index (κ1) is 12.4. The molecule has 0 amide bonds. The van der Waals surface area contributed by atoms with Crippen molar-refractivity contribution < 1.29 is 9.90 Å². The van der Waals surface area contributed by atoms with E-state index in [2.05, 4.69) is 25.1 Å². The Morgan fingerprint density at radius 2 is 1.94 bits per heavy atom. The van der Waals surface area contributed by atoms with E-state index < -0.39 is 5.97 Å². The summed E-state index contributed by atoms with van der Waals surface area (Å²) in [7, 11) is 0. The van der Waals surface area contributed by atoms with Gasteiger partial charge in [0.05, 0.1) is 5.56 Å². The third-order valence-corrected chi connectivity index (χ3v) is 3.12. The minimum absolute atomic E-state index is 0.336. The van der Waals surface area contributed by atoms with Crippen LogP contribution < -0.4 is 0 Å². The second-order valence-electron chi connectivity index (χ2n) is 4.39. The van der Waals surface area contributed by atoms with Crippen LogP contribution in [-0.4, -0.2) is 11.1 Å². The number of benzene rings is 2. The van der Waals surface area contributed by atoms with Crippen LogP contribution >= 0.6 is 0 Å². The van der Waals surface area contributed by atoms with Crippen molar-refractivity contribution in [2.45, 2.75) is 20.3 Å². The molecule has 0 aliphatic heterocycles. The summed E-state index contributed by atoms with van der Waals surface area (Å²) in [5.41, 5.74) is 4.85. The summed E-state index contributed by atoms with van der Waals surface area (Å²) in [6.45, 7) is 4.07. The number of hydrogen-bond donors (Lipinski definition) is 1. The maximum Gasteiger partial charge on any atom is 0.335 e. The number of carboxylic acid groups (broad SMARTS) is 1. The van der Waals surface area contributed by atoms with Gasteiger partial charge in [-0.15, -0.1) is 0 Å². The molecule has 2 aromatic rings. The lowest BCUT2D eigenvalue weighted by Gasteiger charge is -2.08. The van der Waals surface area contributed by atoms with Gasteiger partial charge in [-0.3, -0.25) is 0 Å². The van der Waals surface area contributed by atoms with Crippen molar-refractivity contribution in [3.05, 3.63) is 59.2 Å². The molecule has 0 atom stereocenters. The molecule has 0 aliphatic rings. The Labute approximate surface area is 107 Å². The first-order chi connectivity index (χ1) is 8.61. The zero-order valence-electron chi connectivity index (χ0n) is 10.6. The van der Waals surface area contributed by atoms with Crippen LogP contribution in [0.15, 0.2) is 42.5 Å². The molecule has 0 heterocycles. The maximum absolute atomic E-state index is 10.9. The van der Waals surface area contributed by atoms with Crippen molar-refractivity contribution in [3.63, 3.8) is 0 Å². The molecule has 18 heavy (non-hydrogen) atoms. The summed E-state index contributed by atoms with van der Waals surface area (Å²) < 4.78 is 0. The Balaban J connectivity index is 2.47. The molecule has 0 spiro atoms. The zero-order valence-corrected chi connectivity index (χ0v) is 10.6. The van der Waals surface area contributed by atoms with E-state index in [4.69, 9.17) is 5.11 Å². The van der Waals surface area contributed by atoms with Crippen molar-refractivity contribution in [1.29, 1.82) is 0 Å².